The predicted octanol–water partition coefficient (Wildman–Crippen LogP) is 1.26. The van der Waals surface area contributed by atoms with Gasteiger partial charge in [-0.3, -0.25) is 4.68 Å². The molecule has 0 aliphatic rings. The van der Waals surface area contributed by atoms with Gasteiger partial charge in [0.25, 0.3) is 0 Å². The predicted molar refractivity (Wildman–Crippen MR) is 43.3 cm³/mol. The smallest absolute Gasteiger partial charge is 0.0715 e. The standard InChI is InChI=1S/C8H14N2O/c1-6(2)10-4-8(5-11)7(3)9-10/h4,6,11H,5H2,1-3H3. The Hall–Kier alpha value is -0.830. The SMILES string of the molecule is Cc1nn(C(C)C)cc1CO. The summed E-state index contributed by atoms with van der Waals surface area (Å²) in [6.45, 7) is 6.12. The van der Waals surface area contributed by atoms with Gasteiger partial charge < -0.3 is 5.11 Å². The van der Waals surface area contributed by atoms with E-state index in [4.69, 9.17) is 5.11 Å². The molecule has 1 aromatic heterocycles. The number of aryl methyl sites for hydroxylation is 1. The van der Waals surface area contributed by atoms with Crippen LogP contribution in [0.5, 0.6) is 0 Å². The maximum absolute atomic E-state index is 8.86. The fourth-order valence-corrected chi connectivity index (χ4v) is 0.939. The molecule has 0 aliphatic heterocycles. The molecular formula is C8H14N2O. The number of nitrogens with zero attached hydrogens (tertiary/aromatic N) is 2. The molecule has 1 heterocycles. The molecule has 0 spiro atoms. The van der Waals surface area contributed by atoms with Crippen molar-refractivity contribution in [1.82, 2.24) is 9.78 Å². The molecule has 62 valence electrons. The number of aliphatic hydroxyl groups excluding tert-OH is 1. The van der Waals surface area contributed by atoms with E-state index in [1.807, 2.05) is 17.8 Å². The van der Waals surface area contributed by atoms with E-state index in [2.05, 4.69) is 18.9 Å². The molecule has 1 N–H and O–H groups in total. The molecule has 0 bridgehead atoms. The van der Waals surface area contributed by atoms with E-state index < -0.39 is 0 Å². The Balaban J connectivity index is 2.95. The van der Waals surface area contributed by atoms with E-state index in [0.717, 1.165) is 11.3 Å². The summed E-state index contributed by atoms with van der Waals surface area (Å²) in [5.41, 5.74) is 1.83. The van der Waals surface area contributed by atoms with Crippen LogP contribution in [0.1, 0.15) is 31.1 Å². The molecular weight excluding hydrogens is 140 g/mol. The number of hydrogen-bond donors (Lipinski definition) is 1. The minimum absolute atomic E-state index is 0.0819. The Morgan fingerprint density at radius 3 is 2.55 bits per heavy atom. The summed E-state index contributed by atoms with van der Waals surface area (Å²) in [5, 5.41) is 13.1. The van der Waals surface area contributed by atoms with Crippen LogP contribution in [0.3, 0.4) is 0 Å². The average Bonchev–Trinajstić information content (AvgIpc) is 2.31. The van der Waals surface area contributed by atoms with E-state index in [1.165, 1.54) is 0 Å². The maximum Gasteiger partial charge on any atom is 0.0715 e. The fraction of sp³-hybridized carbons (Fsp3) is 0.625. The van der Waals surface area contributed by atoms with Gasteiger partial charge in [0, 0.05) is 17.8 Å². The van der Waals surface area contributed by atoms with E-state index in [-0.39, 0.29) is 6.61 Å². The van der Waals surface area contributed by atoms with Gasteiger partial charge in [-0.1, -0.05) is 0 Å². The molecule has 0 aliphatic carbocycles. The van der Waals surface area contributed by atoms with Crippen molar-refractivity contribution in [3.8, 4) is 0 Å². The van der Waals surface area contributed by atoms with Gasteiger partial charge in [0.05, 0.1) is 12.3 Å². The molecule has 0 saturated heterocycles. The quantitative estimate of drug-likeness (QED) is 0.696. The number of aliphatic hydroxyl groups is 1. The van der Waals surface area contributed by atoms with Gasteiger partial charge in [0.1, 0.15) is 0 Å². The zero-order valence-electron chi connectivity index (χ0n) is 7.20. The largest absolute Gasteiger partial charge is 0.392 e. The highest BCUT2D eigenvalue weighted by Crippen LogP contribution is 2.09. The van der Waals surface area contributed by atoms with Gasteiger partial charge in [-0.05, 0) is 20.8 Å². The third-order valence-electron chi connectivity index (χ3n) is 1.72. The van der Waals surface area contributed by atoms with E-state index >= 15 is 0 Å². The van der Waals surface area contributed by atoms with E-state index in [0.29, 0.717) is 6.04 Å². The molecule has 0 unspecified atom stereocenters. The number of hydrogen-bond acceptors (Lipinski definition) is 2. The second-order valence-corrected chi connectivity index (χ2v) is 2.97. The summed E-state index contributed by atoms with van der Waals surface area (Å²) >= 11 is 0. The lowest BCUT2D eigenvalue weighted by Crippen LogP contribution is -2.00. The molecule has 3 nitrogen and oxygen atoms in total. The minimum atomic E-state index is 0.0819. The van der Waals surface area contributed by atoms with Gasteiger partial charge in [0.2, 0.25) is 0 Å². The van der Waals surface area contributed by atoms with Crippen molar-refractivity contribution in [2.45, 2.75) is 33.4 Å². The Kier molecular flexibility index (Phi) is 2.29. The molecule has 0 atom stereocenters. The van der Waals surface area contributed by atoms with Crippen molar-refractivity contribution in [3.63, 3.8) is 0 Å². The van der Waals surface area contributed by atoms with Crippen LogP contribution in [0.4, 0.5) is 0 Å². The monoisotopic (exact) mass is 154 g/mol. The van der Waals surface area contributed by atoms with Crippen molar-refractivity contribution in [2.75, 3.05) is 0 Å². The van der Waals surface area contributed by atoms with Crippen LogP contribution in [-0.2, 0) is 6.61 Å². The highest BCUT2D eigenvalue weighted by atomic mass is 16.3. The maximum atomic E-state index is 8.86. The Morgan fingerprint density at radius 2 is 2.27 bits per heavy atom. The topological polar surface area (TPSA) is 38.0 Å². The van der Waals surface area contributed by atoms with Crippen LogP contribution < -0.4 is 0 Å². The third kappa shape index (κ3) is 1.60. The molecule has 0 aromatic carbocycles. The van der Waals surface area contributed by atoms with Crippen LogP contribution in [0, 0.1) is 6.92 Å². The average molecular weight is 154 g/mol. The lowest BCUT2D eigenvalue weighted by Gasteiger charge is -2.02. The molecule has 0 saturated carbocycles. The van der Waals surface area contributed by atoms with Crippen LogP contribution >= 0.6 is 0 Å². The molecule has 0 radical (unpaired) electrons. The summed E-state index contributed by atoms with van der Waals surface area (Å²) in [6, 6.07) is 0.369. The van der Waals surface area contributed by atoms with Crippen molar-refractivity contribution < 1.29 is 5.11 Å². The Bertz CT molecular complexity index is 240. The minimum Gasteiger partial charge on any atom is -0.392 e. The van der Waals surface area contributed by atoms with Crippen LogP contribution in [-0.4, -0.2) is 14.9 Å². The van der Waals surface area contributed by atoms with Gasteiger partial charge in [-0.15, -0.1) is 0 Å². The summed E-state index contributed by atoms with van der Waals surface area (Å²) in [7, 11) is 0. The second kappa shape index (κ2) is 3.05. The molecule has 11 heavy (non-hydrogen) atoms. The Labute approximate surface area is 66.7 Å². The summed E-state index contributed by atoms with van der Waals surface area (Å²) in [6.07, 6.45) is 1.89. The zero-order chi connectivity index (χ0) is 8.43. The summed E-state index contributed by atoms with van der Waals surface area (Å²) in [4.78, 5) is 0. The molecule has 1 rings (SSSR count). The van der Waals surface area contributed by atoms with E-state index in [9.17, 15) is 0 Å². The summed E-state index contributed by atoms with van der Waals surface area (Å²) in [5.74, 6) is 0. The van der Waals surface area contributed by atoms with Gasteiger partial charge in [-0.25, -0.2) is 0 Å². The van der Waals surface area contributed by atoms with Crippen molar-refractivity contribution in [3.05, 3.63) is 17.5 Å². The van der Waals surface area contributed by atoms with Gasteiger partial charge in [-0.2, -0.15) is 5.10 Å². The van der Waals surface area contributed by atoms with Crippen molar-refractivity contribution in [1.29, 1.82) is 0 Å². The Morgan fingerprint density at radius 1 is 1.64 bits per heavy atom. The molecule has 0 amide bonds. The van der Waals surface area contributed by atoms with Crippen molar-refractivity contribution >= 4 is 0 Å². The lowest BCUT2D eigenvalue weighted by atomic mass is 10.3. The number of rotatable bonds is 2. The van der Waals surface area contributed by atoms with Gasteiger partial charge in [0.15, 0.2) is 0 Å². The molecule has 1 aromatic rings. The van der Waals surface area contributed by atoms with Crippen LogP contribution in [0.15, 0.2) is 6.20 Å². The first-order valence-electron chi connectivity index (χ1n) is 3.80. The summed E-state index contributed by atoms with van der Waals surface area (Å²) < 4.78 is 1.86. The third-order valence-corrected chi connectivity index (χ3v) is 1.72. The van der Waals surface area contributed by atoms with E-state index in [1.54, 1.807) is 0 Å². The highest BCUT2D eigenvalue weighted by Gasteiger charge is 2.04. The fourth-order valence-electron chi connectivity index (χ4n) is 0.939. The highest BCUT2D eigenvalue weighted by molar-refractivity contribution is 5.14. The molecule has 0 fully saturated rings. The zero-order valence-corrected chi connectivity index (χ0v) is 7.20. The molecule has 3 heteroatoms. The van der Waals surface area contributed by atoms with Crippen LogP contribution in [0.2, 0.25) is 0 Å². The normalized spacial score (nSPS) is 11.0. The lowest BCUT2D eigenvalue weighted by molar-refractivity contribution is 0.281. The van der Waals surface area contributed by atoms with Crippen molar-refractivity contribution in [2.24, 2.45) is 0 Å². The second-order valence-electron chi connectivity index (χ2n) is 2.97. The first-order chi connectivity index (χ1) is 5.15. The first-order valence-corrected chi connectivity index (χ1v) is 3.80. The van der Waals surface area contributed by atoms with Gasteiger partial charge >= 0.3 is 0 Å². The van der Waals surface area contributed by atoms with Crippen LogP contribution in [0.25, 0.3) is 0 Å². The number of aromatic nitrogens is 2. The first kappa shape index (κ1) is 8.27.